The van der Waals surface area contributed by atoms with Gasteiger partial charge in [0.25, 0.3) is 5.91 Å². The molecule has 1 aliphatic heterocycles. The molecule has 5 rings (SSSR count). The Kier molecular flexibility index (Phi) is 6.37. The highest BCUT2D eigenvalue weighted by molar-refractivity contribution is 6.33. The minimum atomic E-state index is -0.161. The molecule has 2 amide bonds. The number of amides is 2. The number of carbonyl (C=O) groups excluding carboxylic acids is 2. The molecule has 4 aromatic rings. The Hall–Kier alpha value is -3.92. The van der Waals surface area contributed by atoms with Crippen molar-refractivity contribution in [3.8, 4) is 17.1 Å². The van der Waals surface area contributed by atoms with E-state index in [1.165, 1.54) is 13.3 Å². The lowest BCUT2D eigenvalue weighted by molar-refractivity contribution is -0.126. The third kappa shape index (κ3) is 4.69. The largest absolute Gasteiger partial charge is 0.481 e. The molecule has 35 heavy (non-hydrogen) atoms. The van der Waals surface area contributed by atoms with Crippen LogP contribution in [-0.2, 0) is 11.3 Å². The standard InChI is InChI=1S/C24H24ClN7O3/c1-35-21-9-17(18(25)13-27-21)19-10-20(31-30-19)24(34)32-7-4-14(5-8-32)23(33)29-12-15-11-28-22-16(15)3-2-6-26-22/h2-3,6,9-11,13-14H,4-5,7-8,12H2,1H3,(H,26,28)(H,29,33)(H,30,31). The number of hydrogen-bond acceptors (Lipinski definition) is 6. The molecule has 10 nitrogen and oxygen atoms in total. The van der Waals surface area contributed by atoms with Crippen LogP contribution in [0.4, 0.5) is 0 Å². The highest BCUT2D eigenvalue weighted by Crippen LogP contribution is 2.29. The first kappa shape index (κ1) is 22.9. The molecule has 0 saturated carbocycles. The predicted molar refractivity (Wildman–Crippen MR) is 130 cm³/mol. The smallest absolute Gasteiger partial charge is 0.271 e. The van der Waals surface area contributed by atoms with Gasteiger partial charge in [0.2, 0.25) is 11.8 Å². The number of fused-ring (bicyclic) bond motifs is 1. The van der Waals surface area contributed by atoms with Crippen LogP contribution in [0.2, 0.25) is 5.02 Å². The van der Waals surface area contributed by atoms with Gasteiger partial charge in [0.05, 0.1) is 24.0 Å². The number of nitrogens with zero attached hydrogens (tertiary/aromatic N) is 4. The van der Waals surface area contributed by atoms with Crippen LogP contribution in [0.25, 0.3) is 22.3 Å². The first-order chi connectivity index (χ1) is 17.0. The van der Waals surface area contributed by atoms with Gasteiger partial charge in [-0.15, -0.1) is 0 Å². The maximum Gasteiger partial charge on any atom is 0.271 e. The van der Waals surface area contributed by atoms with Crippen molar-refractivity contribution in [3.63, 3.8) is 0 Å². The Morgan fingerprint density at radius 3 is 2.89 bits per heavy atom. The Balaban J connectivity index is 1.17. The molecular formula is C24H24ClN7O3. The third-order valence-corrected chi connectivity index (χ3v) is 6.57. The fourth-order valence-electron chi connectivity index (χ4n) is 4.30. The molecule has 1 aliphatic rings. The second kappa shape index (κ2) is 9.75. The van der Waals surface area contributed by atoms with Gasteiger partial charge in [0.1, 0.15) is 11.3 Å². The lowest BCUT2D eigenvalue weighted by Gasteiger charge is -2.31. The molecule has 11 heteroatoms. The predicted octanol–water partition coefficient (Wildman–Crippen LogP) is 3.18. The van der Waals surface area contributed by atoms with Crippen LogP contribution in [0, 0.1) is 5.92 Å². The van der Waals surface area contributed by atoms with Gasteiger partial charge in [-0.05, 0) is 36.6 Å². The van der Waals surface area contributed by atoms with E-state index in [1.54, 1.807) is 23.2 Å². The zero-order chi connectivity index (χ0) is 24.4. The van der Waals surface area contributed by atoms with Gasteiger partial charge >= 0.3 is 0 Å². The lowest BCUT2D eigenvalue weighted by atomic mass is 9.95. The summed E-state index contributed by atoms with van der Waals surface area (Å²) in [7, 11) is 1.52. The van der Waals surface area contributed by atoms with Crippen molar-refractivity contribution in [1.82, 2.24) is 35.4 Å². The molecule has 0 aromatic carbocycles. The summed E-state index contributed by atoms with van der Waals surface area (Å²) >= 11 is 6.25. The number of ether oxygens (including phenoxy) is 1. The molecule has 1 saturated heterocycles. The summed E-state index contributed by atoms with van der Waals surface area (Å²) in [5, 5.41) is 11.5. The number of nitrogens with one attached hydrogen (secondary N) is 3. The number of methoxy groups -OCH3 is 1. The van der Waals surface area contributed by atoms with Crippen LogP contribution in [-0.4, -0.2) is 62.1 Å². The van der Waals surface area contributed by atoms with Crippen molar-refractivity contribution in [2.45, 2.75) is 19.4 Å². The van der Waals surface area contributed by atoms with Crippen LogP contribution in [0.5, 0.6) is 5.88 Å². The molecule has 0 aliphatic carbocycles. The SMILES string of the molecule is COc1cc(-c2cc(C(=O)N3CCC(C(=O)NCc4c[nH]c5ncccc45)CC3)[nH]n2)c(Cl)cn1. The van der Waals surface area contributed by atoms with Crippen LogP contribution in [0.15, 0.2) is 42.9 Å². The van der Waals surface area contributed by atoms with Crippen molar-refractivity contribution in [1.29, 1.82) is 0 Å². The number of hydrogen-bond donors (Lipinski definition) is 3. The van der Waals surface area contributed by atoms with Gasteiger partial charge in [0, 0.05) is 55.0 Å². The number of pyridine rings is 2. The molecule has 0 radical (unpaired) electrons. The average molecular weight is 494 g/mol. The highest BCUT2D eigenvalue weighted by Gasteiger charge is 2.29. The normalized spacial score (nSPS) is 14.3. The van der Waals surface area contributed by atoms with Crippen LogP contribution in [0.1, 0.15) is 28.9 Å². The van der Waals surface area contributed by atoms with Gasteiger partial charge < -0.3 is 19.9 Å². The molecular weight excluding hydrogens is 470 g/mol. The van der Waals surface area contributed by atoms with Crippen molar-refractivity contribution in [3.05, 3.63) is 59.1 Å². The Labute approximate surface area is 206 Å². The number of piperidine rings is 1. The van der Waals surface area contributed by atoms with E-state index in [9.17, 15) is 9.59 Å². The minimum Gasteiger partial charge on any atom is -0.481 e. The summed E-state index contributed by atoms with van der Waals surface area (Å²) in [5.41, 5.74) is 3.31. The molecule has 5 heterocycles. The minimum absolute atomic E-state index is 0.000409. The zero-order valence-electron chi connectivity index (χ0n) is 19.0. The molecule has 0 spiro atoms. The van der Waals surface area contributed by atoms with Crippen molar-refractivity contribution >= 4 is 34.4 Å². The zero-order valence-corrected chi connectivity index (χ0v) is 19.8. The monoisotopic (exact) mass is 493 g/mol. The lowest BCUT2D eigenvalue weighted by Crippen LogP contribution is -2.43. The average Bonchev–Trinajstić information content (AvgIpc) is 3.55. The molecule has 0 bridgehead atoms. The quantitative estimate of drug-likeness (QED) is 0.378. The topological polar surface area (TPSA) is 129 Å². The maximum atomic E-state index is 13.0. The number of likely N-dealkylation sites (tertiary alicyclic amines) is 1. The third-order valence-electron chi connectivity index (χ3n) is 6.27. The number of rotatable bonds is 6. The highest BCUT2D eigenvalue weighted by atomic mass is 35.5. The van der Waals surface area contributed by atoms with Gasteiger partial charge in [-0.1, -0.05) is 11.6 Å². The van der Waals surface area contributed by atoms with Crippen molar-refractivity contribution in [2.24, 2.45) is 5.92 Å². The van der Waals surface area contributed by atoms with E-state index < -0.39 is 0 Å². The Morgan fingerprint density at radius 1 is 1.26 bits per heavy atom. The summed E-state index contributed by atoms with van der Waals surface area (Å²) < 4.78 is 5.15. The Bertz CT molecular complexity index is 1370. The van der Waals surface area contributed by atoms with Gasteiger partial charge in [-0.3, -0.25) is 14.7 Å². The van der Waals surface area contributed by atoms with E-state index in [1.807, 2.05) is 18.3 Å². The van der Waals surface area contributed by atoms with Gasteiger partial charge in [-0.25, -0.2) is 9.97 Å². The number of H-pyrrole nitrogens is 2. The first-order valence-corrected chi connectivity index (χ1v) is 11.6. The summed E-state index contributed by atoms with van der Waals surface area (Å²) in [6.07, 6.45) is 6.28. The van der Waals surface area contributed by atoms with E-state index in [4.69, 9.17) is 16.3 Å². The summed E-state index contributed by atoms with van der Waals surface area (Å²) in [5.74, 6) is 0.108. The Morgan fingerprint density at radius 2 is 2.09 bits per heavy atom. The molecule has 0 atom stereocenters. The molecule has 3 N–H and O–H groups in total. The fourth-order valence-corrected chi connectivity index (χ4v) is 4.50. The van der Waals surface area contributed by atoms with E-state index in [0.29, 0.717) is 60.3 Å². The summed E-state index contributed by atoms with van der Waals surface area (Å²) in [6, 6.07) is 7.19. The van der Waals surface area contributed by atoms with E-state index in [2.05, 4.69) is 30.5 Å². The van der Waals surface area contributed by atoms with E-state index in [-0.39, 0.29) is 17.7 Å². The second-order valence-corrected chi connectivity index (χ2v) is 8.78. The van der Waals surface area contributed by atoms with Crippen LogP contribution in [0.3, 0.4) is 0 Å². The number of halogens is 1. The number of aromatic nitrogens is 5. The second-order valence-electron chi connectivity index (χ2n) is 8.37. The number of carbonyl (C=O) groups is 2. The first-order valence-electron chi connectivity index (χ1n) is 11.3. The van der Waals surface area contributed by atoms with Crippen LogP contribution < -0.4 is 10.1 Å². The fraction of sp³-hybridized carbons (Fsp3) is 0.292. The molecule has 0 unspecified atom stereocenters. The van der Waals surface area contributed by atoms with E-state index in [0.717, 1.165) is 16.6 Å². The molecule has 1 fully saturated rings. The van der Waals surface area contributed by atoms with Crippen LogP contribution >= 0.6 is 11.6 Å². The van der Waals surface area contributed by atoms with Crippen molar-refractivity contribution < 1.29 is 14.3 Å². The van der Waals surface area contributed by atoms with Gasteiger partial charge in [0.15, 0.2) is 0 Å². The molecule has 4 aromatic heterocycles. The summed E-state index contributed by atoms with van der Waals surface area (Å²) in [4.78, 5) is 38.9. The molecule has 180 valence electrons. The van der Waals surface area contributed by atoms with E-state index >= 15 is 0 Å². The number of aromatic amines is 2. The van der Waals surface area contributed by atoms with Crippen molar-refractivity contribution in [2.75, 3.05) is 20.2 Å². The maximum absolute atomic E-state index is 13.0. The van der Waals surface area contributed by atoms with Gasteiger partial charge in [-0.2, -0.15) is 5.10 Å². The summed E-state index contributed by atoms with van der Waals surface area (Å²) in [6.45, 7) is 1.42.